The van der Waals surface area contributed by atoms with Crippen molar-refractivity contribution in [1.82, 2.24) is 0 Å². The molecule has 3 aliphatic rings. The van der Waals surface area contributed by atoms with Gasteiger partial charge in [-0.05, 0) is 62.3 Å². The molecule has 4 rings (SSSR count). The van der Waals surface area contributed by atoms with Crippen molar-refractivity contribution in [1.29, 1.82) is 0 Å². The maximum atomic E-state index is 13.1. The van der Waals surface area contributed by atoms with E-state index in [2.05, 4.69) is 27.7 Å². The summed E-state index contributed by atoms with van der Waals surface area (Å²) in [5.41, 5.74) is 0.365. The first-order chi connectivity index (χ1) is 17.8. The molecule has 0 bridgehead atoms. The average molecular weight is 515 g/mol. The van der Waals surface area contributed by atoms with Gasteiger partial charge in [0.15, 0.2) is 0 Å². The van der Waals surface area contributed by atoms with Crippen molar-refractivity contribution < 1.29 is 28.5 Å². The molecule has 6 nitrogen and oxygen atoms in total. The third kappa shape index (κ3) is 6.40. The van der Waals surface area contributed by atoms with Crippen LogP contribution in [0.15, 0.2) is 30.3 Å². The van der Waals surface area contributed by atoms with Crippen LogP contribution in [0.3, 0.4) is 0 Å². The lowest BCUT2D eigenvalue weighted by Crippen LogP contribution is -2.59. The number of carbonyl (C=O) groups is 1. The van der Waals surface area contributed by atoms with Gasteiger partial charge < -0.3 is 23.7 Å². The average Bonchev–Trinajstić information content (AvgIpc) is 3.80. The molecule has 7 atom stereocenters. The van der Waals surface area contributed by atoms with E-state index in [1.807, 2.05) is 24.3 Å². The summed E-state index contributed by atoms with van der Waals surface area (Å²) in [5.74, 6) is 1.31. The number of hydrogen-bond donors (Lipinski definition) is 0. The minimum Gasteiger partial charge on any atom is -0.497 e. The fraction of sp³-hybridized carbons (Fsp3) is 0.710. The molecule has 1 saturated carbocycles. The smallest absolute Gasteiger partial charge is 0.331 e. The van der Waals surface area contributed by atoms with Crippen molar-refractivity contribution in [3.8, 4) is 5.75 Å². The molecule has 2 saturated heterocycles. The van der Waals surface area contributed by atoms with Crippen LogP contribution in [0.1, 0.15) is 78.2 Å². The van der Waals surface area contributed by atoms with Crippen LogP contribution in [0.25, 0.3) is 6.08 Å². The van der Waals surface area contributed by atoms with Crippen LogP contribution in [-0.4, -0.2) is 56.3 Å². The van der Waals surface area contributed by atoms with Crippen molar-refractivity contribution in [2.45, 2.75) is 102 Å². The first-order valence-corrected chi connectivity index (χ1v) is 14.1. The summed E-state index contributed by atoms with van der Waals surface area (Å²) >= 11 is 0. The zero-order valence-corrected chi connectivity index (χ0v) is 23.5. The summed E-state index contributed by atoms with van der Waals surface area (Å²) in [7, 11) is 3.38. The van der Waals surface area contributed by atoms with E-state index in [-0.39, 0.29) is 47.3 Å². The molecule has 1 spiro atoms. The minimum absolute atomic E-state index is 0.0351. The lowest BCUT2D eigenvalue weighted by Gasteiger charge is -2.46. The van der Waals surface area contributed by atoms with Crippen molar-refractivity contribution in [2.75, 3.05) is 20.8 Å². The summed E-state index contributed by atoms with van der Waals surface area (Å²) in [4.78, 5) is 13.1. The Bertz CT molecular complexity index is 920. The van der Waals surface area contributed by atoms with Crippen molar-refractivity contribution >= 4 is 12.0 Å². The number of methoxy groups -OCH3 is 2. The molecular formula is C31H46O6. The second kappa shape index (κ2) is 11.9. The van der Waals surface area contributed by atoms with E-state index in [0.29, 0.717) is 5.92 Å². The highest BCUT2D eigenvalue weighted by Gasteiger charge is 2.73. The van der Waals surface area contributed by atoms with E-state index in [4.69, 9.17) is 23.7 Å². The Morgan fingerprint density at radius 3 is 2.46 bits per heavy atom. The summed E-state index contributed by atoms with van der Waals surface area (Å²) < 4.78 is 30.2. The molecule has 0 amide bonds. The molecule has 0 unspecified atom stereocenters. The molecule has 0 radical (unpaired) electrons. The van der Waals surface area contributed by atoms with Crippen LogP contribution in [0.5, 0.6) is 5.75 Å². The van der Waals surface area contributed by atoms with Gasteiger partial charge in [0.05, 0.1) is 25.7 Å². The SMILES string of the molecule is CCCCC[C@@H]1C[C@]2(CO2)[C@@H]([C@@]2(C)O[C@@H]2CCC(C)C)[C@H](OC)[C@@H]1OC(=O)/C=C/c1ccc(OC)cc1. The number of epoxide rings is 2. The van der Waals surface area contributed by atoms with Gasteiger partial charge in [0.2, 0.25) is 0 Å². The molecule has 2 heterocycles. The Balaban J connectivity index is 1.52. The van der Waals surface area contributed by atoms with Gasteiger partial charge in [-0.2, -0.15) is 0 Å². The molecule has 6 heteroatoms. The van der Waals surface area contributed by atoms with E-state index in [1.54, 1.807) is 20.3 Å². The van der Waals surface area contributed by atoms with Crippen LogP contribution in [-0.2, 0) is 23.7 Å². The Hall–Kier alpha value is -1.89. The first kappa shape index (κ1) is 28.1. The van der Waals surface area contributed by atoms with Gasteiger partial charge in [-0.25, -0.2) is 4.79 Å². The standard InChI is InChI=1S/C31H46O6/c1-7-8-9-10-23-19-31(20-35-31)29(30(4)25(37-30)17-11-21(2)3)28(34-6)27(23)36-26(32)18-14-22-12-15-24(33-5)16-13-22/h12-16,18,21,23,25,27-29H,7-11,17,19-20H2,1-6H3/b18-14+/t23-,25-,27-,28-,29-,30+,31+/m1/s1. The molecule has 3 fully saturated rings. The van der Waals surface area contributed by atoms with Crippen LogP contribution in [0.4, 0.5) is 0 Å². The number of rotatable bonds is 13. The zero-order valence-electron chi connectivity index (χ0n) is 23.5. The van der Waals surface area contributed by atoms with Gasteiger partial charge in [0, 0.05) is 19.1 Å². The second-order valence-electron chi connectivity index (χ2n) is 11.8. The summed E-state index contributed by atoms with van der Waals surface area (Å²) in [6.07, 6.45) is 10.4. The molecule has 2 aliphatic heterocycles. The molecule has 37 heavy (non-hydrogen) atoms. The third-order valence-electron chi connectivity index (χ3n) is 8.64. The predicted molar refractivity (Wildman–Crippen MR) is 144 cm³/mol. The summed E-state index contributed by atoms with van der Waals surface area (Å²) in [5, 5.41) is 0. The highest BCUT2D eigenvalue weighted by atomic mass is 16.6. The zero-order chi connectivity index (χ0) is 26.6. The highest BCUT2D eigenvalue weighted by Crippen LogP contribution is 2.61. The number of esters is 1. The lowest BCUT2D eigenvalue weighted by atomic mass is 9.63. The predicted octanol–water partition coefficient (Wildman–Crippen LogP) is 6.21. The molecule has 1 aliphatic carbocycles. The molecule has 1 aromatic rings. The highest BCUT2D eigenvalue weighted by molar-refractivity contribution is 5.87. The number of benzene rings is 1. The minimum atomic E-state index is -0.340. The quantitative estimate of drug-likeness (QED) is 0.135. The van der Waals surface area contributed by atoms with Gasteiger partial charge >= 0.3 is 5.97 Å². The van der Waals surface area contributed by atoms with Crippen LogP contribution < -0.4 is 4.74 Å². The number of ether oxygens (including phenoxy) is 5. The number of carbonyl (C=O) groups excluding carboxylic acids is 1. The van der Waals surface area contributed by atoms with Crippen LogP contribution in [0.2, 0.25) is 0 Å². The van der Waals surface area contributed by atoms with Gasteiger partial charge in [-0.3, -0.25) is 0 Å². The normalized spacial score (nSPS) is 34.7. The topological polar surface area (TPSA) is 69.8 Å². The maximum Gasteiger partial charge on any atom is 0.331 e. The Morgan fingerprint density at radius 1 is 1.14 bits per heavy atom. The van der Waals surface area contributed by atoms with Crippen LogP contribution >= 0.6 is 0 Å². The molecule has 0 aromatic heterocycles. The van der Waals surface area contributed by atoms with Gasteiger partial charge in [0.1, 0.15) is 29.2 Å². The first-order valence-electron chi connectivity index (χ1n) is 14.1. The molecular weight excluding hydrogens is 468 g/mol. The summed E-state index contributed by atoms with van der Waals surface area (Å²) in [6.45, 7) is 9.65. The van der Waals surface area contributed by atoms with E-state index < -0.39 is 0 Å². The van der Waals surface area contributed by atoms with E-state index in [0.717, 1.165) is 56.4 Å². The Labute approximate surface area is 223 Å². The molecule has 206 valence electrons. The monoisotopic (exact) mass is 514 g/mol. The van der Waals surface area contributed by atoms with E-state index >= 15 is 0 Å². The number of hydrogen-bond acceptors (Lipinski definition) is 6. The molecule has 1 aromatic carbocycles. The fourth-order valence-electron chi connectivity index (χ4n) is 6.47. The van der Waals surface area contributed by atoms with Gasteiger partial charge in [0.25, 0.3) is 0 Å². The van der Waals surface area contributed by atoms with E-state index in [1.165, 1.54) is 12.5 Å². The van der Waals surface area contributed by atoms with Crippen molar-refractivity contribution in [2.24, 2.45) is 17.8 Å². The second-order valence-corrected chi connectivity index (χ2v) is 11.8. The molecule has 0 N–H and O–H groups in total. The largest absolute Gasteiger partial charge is 0.497 e. The number of unbranched alkanes of at least 4 members (excludes halogenated alkanes) is 2. The Morgan fingerprint density at radius 2 is 1.86 bits per heavy atom. The Kier molecular flexibility index (Phi) is 9.03. The lowest BCUT2D eigenvalue weighted by molar-refractivity contribution is -0.179. The maximum absolute atomic E-state index is 13.1. The van der Waals surface area contributed by atoms with Gasteiger partial charge in [-0.15, -0.1) is 0 Å². The fourth-order valence-corrected chi connectivity index (χ4v) is 6.47. The van der Waals surface area contributed by atoms with Crippen molar-refractivity contribution in [3.63, 3.8) is 0 Å². The third-order valence-corrected chi connectivity index (χ3v) is 8.64. The summed E-state index contributed by atoms with van der Waals surface area (Å²) in [6, 6.07) is 7.59. The van der Waals surface area contributed by atoms with Crippen molar-refractivity contribution in [3.05, 3.63) is 35.9 Å². The van der Waals surface area contributed by atoms with Gasteiger partial charge in [-0.1, -0.05) is 52.2 Å². The van der Waals surface area contributed by atoms with E-state index in [9.17, 15) is 4.79 Å². The van der Waals surface area contributed by atoms with Crippen LogP contribution in [0, 0.1) is 17.8 Å².